The number of benzene rings is 3. The van der Waals surface area contributed by atoms with Crippen LogP contribution in [-0.4, -0.2) is 20.9 Å². The summed E-state index contributed by atoms with van der Waals surface area (Å²) in [5.41, 5.74) is 0.486. The summed E-state index contributed by atoms with van der Waals surface area (Å²) < 4.78 is 46.9. The van der Waals surface area contributed by atoms with Gasteiger partial charge in [0.1, 0.15) is 11.6 Å². The molecule has 0 saturated carbocycles. The Hall–Kier alpha value is -2.91. The van der Waals surface area contributed by atoms with Gasteiger partial charge in [0.25, 0.3) is 15.9 Å². The van der Waals surface area contributed by atoms with Gasteiger partial charge in [0.05, 0.1) is 10.6 Å². The monoisotopic (exact) mass is 478 g/mol. The normalized spacial score (nSPS) is 11.0. The van der Waals surface area contributed by atoms with Crippen molar-refractivity contribution in [3.8, 4) is 5.75 Å². The van der Waals surface area contributed by atoms with E-state index in [0.29, 0.717) is 15.9 Å². The first-order chi connectivity index (χ1) is 13.8. The molecule has 0 spiro atoms. The van der Waals surface area contributed by atoms with Crippen LogP contribution in [0.1, 0.15) is 0 Å². The predicted molar refractivity (Wildman–Crippen MR) is 112 cm³/mol. The number of hydrogen-bond acceptors (Lipinski definition) is 4. The van der Waals surface area contributed by atoms with Crippen LogP contribution in [0, 0.1) is 5.82 Å². The second-order valence-electron chi connectivity index (χ2n) is 5.90. The Morgan fingerprint density at radius 3 is 2.34 bits per heavy atom. The van der Waals surface area contributed by atoms with Gasteiger partial charge in [0.15, 0.2) is 6.61 Å². The number of nitrogens with one attached hydrogen (secondary N) is 2. The summed E-state index contributed by atoms with van der Waals surface area (Å²) in [6.07, 6.45) is 0. The van der Waals surface area contributed by atoms with Crippen LogP contribution in [-0.2, 0) is 14.8 Å². The van der Waals surface area contributed by atoms with Crippen LogP contribution in [0.25, 0.3) is 0 Å². The van der Waals surface area contributed by atoms with Crippen molar-refractivity contribution in [3.05, 3.63) is 83.1 Å². The van der Waals surface area contributed by atoms with E-state index < -0.39 is 21.7 Å². The fourth-order valence-electron chi connectivity index (χ4n) is 2.36. The van der Waals surface area contributed by atoms with Gasteiger partial charge in [-0.25, -0.2) is 12.8 Å². The van der Waals surface area contributed by atoms with E-state index in [0.717, 1.165) is 0 Å². The summed E-state index contributed by atoms with van der Waals surface area (Å²) in [4.78, 5) is 12.0. The van der Waals surface area contributed by atoms with Crippen molar-refractivity contribution in [2.24, 2.45) is 0 Å². The second-order valence-corrected chi connectivity index (χ2v) is 8.50. The molecule has 0 saturated heterocycles. The van der Waals surface area contributed by atoms with Gasteiger partial charge in [-0.3, -0.25) is 9.52 Å². The van der Waals surface area contributed by atoms with Gasteiger partial charge < -0.3 is 10.1 Å². The third kappa shape index (κ3) is 5.78. The zero-order valence-electron chi connectivity index (χ0n) is 14.9. The van der Waals surface area contributed by atoms with E-state index in [2.05, 4.69) is 26.0 Å². The molecule has 0 aliphatic rings. The van der Waals surface area contributed by atoms with E-state index in [9.17, 15) is 17.6 Å². The minimum Gasteiger partial charge on any atom is -0.484 e. The van der Waals surface area contributed by atoms with Crippen LogP contribution in [0.5, 0.6) is 5.75 Å². The first-order valence-corrected chi connectivity index (χ1v) is 10.7. The molecule has 0 aliphatic heterocycles. The summed E-state index contributed by atoms with van der Waals surface area (Å²) in [6, 6.07) is 18.4. The number of anilines is 2. The highest BCUT2D eigenvalue weighted by atomic mass is 79.9. The highest BCUT2D eigenvalue weighted by molar-refractivity contribution is 9.10. The molecule has 0 bridgehead atoms. The Balaban J connectivity index is 1.58. The number of carbonyl (C=O) groups excluding carboxylic acids is 1. The molecule has 0 radical (unpaired) electrons. The summed E-state index contributed by atoms with van der Waals surface area (Å²) in [5, 5.41) is 2.40. The highest BCUT2D eigenvalue weighted by Crippen LogP contribution is 2.21. The van der Waals surface area contributed by atoms with Crippen LogP contribution in [0.3, 0.4) is 0 Å². The van der Waals surface area contributed by atoms with Gasteiger partial charge >= 0.3 is 0 Å². The fourth-order valence-corrected chi connectivity index (χ4v) is 3.75. The second kappa shape index (κ2) is 9.06. The van der Waals surface area contributed by atoms with Crippen molar-refractivity contribution in [1.29, 1.82) is 0 Å². The third-order valence-electron chi connectivity index (χ3n) is 3.74. The average molecular weight is 479 g/mol. The van der Waals surface area contributed by atoms with Crippen molar-refractivity contribution in [2.45, 2.75) is 4.90 Å². The van der Waals surface area contributed by atoms with Gasteiger partial charge in [-0.1, -0.05) is 34.1 Å². The number of halogens is 2. The van der Waals surface area contributed by atoms with Gasteiger partial charge in [-0.15, -0.1) is 0 Å². The molecule has 150 valence electrons. The van der Waals surface area contributed by atoms with E-state index in [1.54, 1.807) is 36.4 Å². The Labute approximate surface area is 175 Å². The summed E-state index contributed by atoms with van der Waals surface area (Å²) >= 11 is 3.14. The minimum atomic E-state index is -3.74. The standard InChI is InChI=1S/C20H16BrFN2O4S/c21-14-6-11-19(18(22)12-14)23-20(25)13-28-16-7-9-17(10-8-16)29(26,27)24-15-4-2-1-3-5-15/h1-12,24H,13H2,(H,23,25). The summed E-state index contributed by atoms with van der Waals surface area (Å²) in [7, 11) is -3.74. The minimum absolute atomic E-state index is 0.0372. The number of carbonyl (C=O) groups is 1. The Morgan fingerprint density at radius 1 is 1.00 bits per heavy atom. The van der Waals surface area contributed by atoms with Crippen LogP contribution < -0.4 is 14.8 Å². The lowest BCUT2D eigenvalue weighted by molar-refractivity contribution is -0.118. The van der Waals surface area contributed by atoms with Gasteiger partial charge in [0.2, 0.25) is 0 Å². The van der Waals surface area contributed by atoms with Crippen molar-refractivity contribution in [3.63, 3.8) is 0 Å². The molecule has 3 aromatic carbocycles. The molecule has 3 rings (SSSR count). The molecule has 0 aromatic heterocycles. The third-order valence-corrected chi connectivity index (χ3v) is 5.63. The maximum atomic E-state index is 13.7. The largest absolute Gasteiger partial charge is 0.484 e. The molecule has 3 aromatic rings. The molecule has 0 aliphatic carbocycles. The summed E-state index contributed by atoms with van der Waals surface area (Å²) in [5.74, 6) is -0.822. The molecular formula is C20H16BrFN2O4S. The lowest BCUT2D eigenvalue weighted by atomic mass is 10.3. The number of hydrogen-bond donors (Lipinski definition) is 2. The van der Waals surface area contributed by atoms with Gasteiger partial charge in [0, 0.05) is 10.2 Å². The molecule has 1 amide bonds. The Kier molecular flexibility index (Phi) is 6.50. The molecule has 2 N–H and O–H groups in total. The van der Waals surface area contributed by atoms with Crippen LogP contribution in [0.2, 0.25) is 0 Å². The maximum Gasteiger partial charge on any atom is 0.262 e. The zero-order chi connectivity index (χ0) is 20.9. The molecule has 29 heavy (non-hydrogen) atoms. The quantitative estimate of drug-likeness (QED) is 0.526. The molecule has 6 nitrogen and oxygen atoms in total. The zero-order valence-corrected chi connectivity index (χ0v) is 17.3. The fraction of sp³-hybridized carbons (Fsp3) is 0.0500. The van der Waals surface area contributed by atoms with Crippen molar-refractivity contribution in [2.75, 3.05) is 16.6 Å². The van der Waals surface area contributed by atoms with E-state index in [1.807, 2.05) is 0 Å². The topological polar surface area (TPSA) is 84.5 Å². The summed E-state index contributed by atoms with van der Waals surface area (Å²) in [6.45, 7) is -0.357. The van der Waals surface area contributed by atoms with Crippen molar-refractivity contribution in [1.82, 2.24) is 0 Å². The molecule has 9 heteroatoms. The Morgan fingerprint density at radius 2 is 1.69 bits per heavy atom. The Bertz CT molecular complexity index is 1110. The van der Waals surface area contributed by atoms with Gasteiger partial charge in [-0.05, 0) is 54.6 Å². The smallest absolute Gasteiger partial charge is 0.262 e. The van der Waals surface area contributed by atoms with Crippen LogP contribution >= 0.6 is 15.9 Å². The molecule has 0 atom stereocenters. The SMILES string of the molecule is O=C(COc1ccc(S(=O)(=O)Nc2ccccc2)cc1)Nc1ccc(Br)cc1F. The van der Waals surface area contributed by atoms with E-state index in [4.69, 9.17) is 4.74 Å². The number of amides is 1. The van der Waals surface area contributed by atoms with Crippen LogP contribution in [0.15, 0.2) is 82.2 Å². The first kappa shape index (κ1) is 20.8. The lowest BCUT2D eigenvalue weighted by Crippen LogP contribution is -2.20. The van der Waals surface area contributed by atoms with Crippen molar-refractivity contribution < 1.29 is 22.3 Å². The first-order valence-electron chi connectivity index (χ1n) is 8.39. The number of para-hydroxylation sites is 1. The highest BCUT2D eigenvalue weighted by Gasteiger charge is 2.14. The lowest BCUT2D eigenvalue weighted by Gasteiger charge is -2.10. The maximum absolute atomic E-state index is 13.7. The average Bonchev–Trinajstić information content (AvgIpc) is 2.69. The predicted octanol–water partition coefficient (Wildman–Crippen LogP) is 4.41. The van der Waals surface area contributed by atoms with E-state index in [-0.39, 0.29) is 17.2 Å². The molecule has 0 unspecified atom stereocenters. The van der Waals surface area contributed by atoms with Crippen LogP contribution in [0.4, 0.5) is 15.8 Å². The van der Waals surface area contributed by atoms with Gasteiger partial charge in [-0.2, -0.15) is 0 Å². The molecule has 0 heterocycles. The number of rotatable bonds is 7. The molecular weight excluding hydrogens is 463 g/mol. The number of ether oxygens (including phenoxy) is 1. The number of sulfonamides is 1. The van der Waals surface area contributed by atoms with E-state index >= 15 is 0 Å². The van der Waals surface area contributed by atoms with Crippen molar-refractivity contribution >= 4 is 43.2 Å². The molecule has 0 fully saturated rings. The van der Waals surface area contributed by atoms with E-state index in [1.165, 1.54) is 36.4 Å².